The van der Waals surface area contributed by atoms with Crippen molar-refractivity contribution in [3.05, 3.63) is 35.7 Å². The molecule has 0 atom stereocenters. The Labute approximate surface area is 160 Å². The van der Waals surface area contributed by atoms with E-state index in [1.807, 2.05) is 34.8 Å². The summed E-state index contributed by atoms with van der Waals surface area (Å²) in [4.78, 5) is 14.8. The molecule has 0 N–H and O–H groups in total. The number of hydrogen-bond donors (Lipinski definition) is 0. The molecule has 0 aromatic carbocycles. The fourth-order valence-corrected chi connectivity index (χ4v) is 4.57. The molecule has 2 aromatic rings. The number of hydrogen-bond acceptors (Lipinski definition) is 4. The Morgan fingerprint density at radius 3 is 2.67 bits per heavy atom. The van der Waals surface area contributed by atoms with Crippen LogP contribution in [-0.2, 0) is 31.2 Å². The maximum absolute atomic E-state index is 12.8. The summed E-state index contributed by atoms with van der Waals surface area (Å²) in [7, 11) is 3.65. The molecule has 1 saturated heterocycles. The van der Waals surface area contributed by atoms with Gasteiger partial charge in [-0.2, -0.15) is 0 Å². The molecule has 0 saturated carbocycles. The van der Waals surface area contributed by atoms with Gasteiger partial charge in [0.15, 0.2) is 0 Å². The average molecular weight is 371 g/mol. The van der Waals surface area contributed by atoms with Gasteiger partial charge in [-0.3, -0.25) is 4.79 Å². The highest BCUT2D eigenvalue weighted by atomic mass is 16.5. The normalized spacial score (nSPS) is 19.1. The van der Waals surface area contributed by atoms with Crippen LogP contribution in [0, 0.1) is 5.41 Å². The fourth-order valence-electron chi connectivity index (χ4n) is 4.57. The third kappa shape index (κ3) is 3.52. The lowest BCUT2D eigenvalue weighted by molar-refractivity contribution is 0.0527. The molecular formula is C20H29N5O2. The summed E-state index contributed by atoms with van der Waals surface area (Å²) in [6.45, 7) is 3.36. The summed E-state index contributed by atoms with van der Waals surface area (Å²) in [5, 5.41) is 8.78. The van der Waals surface area contributed by atoms with Crippen LogP contribution in [0.3, 0.4) is 0 Å². The van der Waals surface area contributed by atoms with Crippen LogP contribution in [0.4, 0.5) is 0 Å². The van der Waals surface area contributed by atoms with Crippen LogP contribution in [0.1, 0.15) is 47.8 Å². The number of rotatable bonds is 4. The molecule has 0 bridgehead atoms. The zero-order chi connectivity index (χ0) is 18.9. The van der Waals surface area contributed by atoms with E-state index < -0.39 is 0 Å². The summed E-state index contributed by atoms with van der Waals surface area (Å²) < 4.78 is 9.41. The number of aromatic nitrogens is 4. The molecule has 0 aliphatic carbocycles. The zero-order valence-electron chi connectivity index (χ0n) is 16.4. The minimum absolute atomic E-state index is 0.157. The highest BCUT2D eigenvalue weighted by Gasteiger charge is 2.38. The van der Waals surface area contributed by atoms with Gasteiger partial charge in [0.25, 0.3) is 5.91 Å². The van der Waals surface area contributed by atoms with Crippen molar-refractivity contribution in [2.75, 3.05) is 26.8 Å². The molecule has 1 fully saturated rings. The largest absolute Gasteiger partial charge is 0.384 e. The first-order valence-corrected chi connectivity index (χ1v) is 9.92. The van der Waals surface area contributed by atoms with Crippen molar-refractivity contribution in [1.29, 1.82) is 0 Å². The van der Waals surface area contributed by atoms with Crippen LogP contribution in [0.2, 0.25) is 0 Å². The van der Waals surface area contributed by atoms with Crippen LogP contribution in [0.5, 0.6) is 0 Å². The number of methoxy groups -OCH3 is 1. The lowest BCUT2D eigenvalue weighted by Gasteiger charge is -2.41. The van der Waals surface area contributed by atoms with Gasteiger partial charge in [-0.1, -0.05) is 0 Å². The summed E-state index contributed by atoms with van der Waals surface area (Å²) in [6.07, 6.45) is 8.16. The van der Waals surface area contributed by atoms with Gasteiger partial charge in [0.05, 0.1) is 6.61 Å². The maximum atomic E-state index is 12.8. The molecule has 0 unspecified atom stereocenters. The van der Waals surface area contributed by atoms with Crippen LogP contribution < -0.4 is 0 Å². The molecule has 7 heteroatoms. The van der Waals surface area contributed by atoms with Gasteiger partial charge in [-0.15, -0.1) is 10.2 Å². The molecule has 1 spiro atoms. The Morgan fingerprint density at radius 2 is 1.96 bits per heavy atom. The molecule has 0 radical (unpaired) electrons. The van der Waals surface area contributed by atoms with Crippen molar-refractivity contribution >= 4 is 5.91 Å². The molecular weight excluding hydrogens is 342 g/mol. The monoisotopic (exact) mass is 371 g/mol. The van der Waals surface area contributed by atoms with E-state index in [9.17, 15) is 4.79 Å². The molecule has 1 amide bonds. The van der Waals surface area contributed by atoms with Gasteiger partial charge in [-0.05, 0) is 43.2 Å². The smallest absolute Gasteiger partial charge is 0.270 e. The molecule has 4 rings (SSSR count). The number of carbonyl (C=O) groups excluding carboxylic acids is 1. The molecule has 146 valence electrons. The Bertz CT molecular complexity index is 801. The SMILES string of the molecule is COCCc1nnc2n1CCC1(CC2)CCN(C(=O)c2cccn2C)CC1. The minimum atomic E-state index is 0.157. The first-order valence-electron chi connectivity index (χ1n) is 9.92. The summed E-state index contributed by atoms with van der Waals surface area (Å²) in [5.41, 5.74) is 1.10. The van der Waals surface area contributed by atoms with E-state index in [4.69, 9.17) is 4.74 Å². The summed E-state index contributed by atoms with van der Waals surface area (Å²) >= 11 is 0. The predicted octanol–water partition coefficient (Wildman–Crippen LogP) is 2.06. The van der Waals surface area contributed by atoms with Gasteiger partial charge in [0.1, 0.15) is 17.3 Å². The number of amides is 1. The Balaban J connectivity index is 1.40. The third-order valence-electron chi connectivity index (χ3n) is 6.45. The third-order valence-corrected chi connectivity index (χ3v) is 6.45. The van der Waals surface area contributed by atoms with Crippen LogP contribution in [-0.4, -0.2) is 56.9 Å². The van der Waals surface area contributed by atoms with E-state index in [2.05, 4.69) is 14.8 Å². The van der Waals surface area contributed by atoms with E-state index in [-0.39, 0.29) is 5.91 Å². The molecule has 2 aliphatic heterocycles. The number of nitrogens with zero attached hydrogens (tertiary/aromatic N) is 5. The zero-order valence-corrected chi connectivity index (χ0v) is 16.4. The lowest BCUT2D eigenvalue weighted by atomic mass is 9.72. The van der Waals surface area contributed by atoms with Crippen molar-refractivity contribution in [2.24, 2.45) is 12.5 Å². The quantitative estimate of drug-likeness (QED) is 0.825. The standard InChI is InChI=1S/C20H29N5O2/c1-23-11-3-4-16(23)19(26)24-12-8-20(9-13-24)7-5-17-21-22-18(6-15-27-2)25(17)14-10-20/h3-4,11H,5-10,12-15H2,1-2H3. The molecule has 7 nitrogen and oxygen atoms in total. The van der Waals surface area contributed by atoms with Gasteiger partial charge < -0.3 is 18.8 Å². The molecule has 2 aromatic heterocycles. The topological polar surface area (TPSA) is 65.2 Å². The van der Waals surface area contributed by atoms with E-state index in [1.165, 1.54) is 0 Å². The number of piperidine rings is 1. The Hall–Kier alpha value is -2.15. The fraction of sp³-hybridized carbons (Fsp3) is 0.650. The van der Waals surface area contributed by atoms with Crippen LogP contribution in [0.25, 0.3) is 0 Å². The van der Waals surface area contributed by atoms with Crippen LogP contribution in [0.15, 0.2) is 18.3 Å². The van der Waals surface area contributed by atoms with E-state index in [0.717, 1.165) is 75.5 Å². The number of likely N-dealkylation sites (tertiary alicyclic amines) is 1. The van der Waals surface area contributed by atoms with E-state index in [1.54, 1.807) is 7.11 Å². The summed E-state index contributed by atoms with van der Waals surface area (Å²) in [5.74, 6) is 2.31. The minimum Gasteiger partial charge on any atom is -0.384 e. The second-order valence-electron chi connectivity index (χ2n) is 7.97. The van der Waals surface area contributed by atoms with Crippen molar-refractivity contribution in [1.82, 2.24) is 24.2 Å². The lowest BCUT2D eigenvalue weighted by Crippen LogP contribution is -2.43. The first-order chi connectivity index (χ1) is 13.1. The van der Waals surface area contributed by atoms with Gasteiger partial charge in [0, 0.05) is 52.8 Å². The molecule has 27 heavy (non-hydrogen) atoms. The summed E-state index contributed by atoms with van der Waals surface area (Å²) in [6, 6.07) is 3.84. The second-order valence-corrected chi connectivity index (χ2v) is 7.97. The van der Waals surface area contributed by atoms with Gasteiger partial charge >= 0.3 is 0 Å². The highest BCUT2D eigenvalue weighted by molar-refractivity contribution is 5.92. The number of carbonyl (C=O) groups is 1. The van der Waals surface area contributed by atoms with Crippen LogP contribution >= 0.6 is 0 Å². The Morgan fingerprint density at radius 1 is 1.19 bits per heavy atom. The number of fused-ring (bicyclic) bond motifs is 1. The Kier molecular flexibility index (Phi) is 5.04. The van der Waals surface area contributed by atoms with Crippen molar-refractivity contribution in [2.45, 2.75) is 45.1 Å². The van der Waals surface area contributed by atoms with Gasteiger partial charge in [-0.25, -0.2) is 0 Å². The van der Waals surface area contributed by atoms with Gasteiger partial charge in [0.2, 0.25) is 0 Å². The van der Waals surface area contributed by atoms with Crippen molar-refractivity contribution in [3.63, 3.8) is 0 Å². The molecule has 2 aliphatic rings. The highest BCUT2D eigenvalue weighted by Crippen LogP contribution is 2.41. The average Bonchev–Trinajstić information content (AvgIpc) is 3.24. The number of aryl methyl sites for hydroxylation is 2. The van der Waals surface area contributed by atoms with Crippen molar-refractivity contribution < 1.29 is 9.53 Å². The second kappa shape index (κ2) is 7.46. The first kappa shape index (κ1) is 18.2. The van der Waals surface area contributed by atoms with E-state index in [0.29, 0.717) is 12.0 Å². The molecule has 4 heterocycles. The van der Waals surface area contributed by atoms with Crippen molar-refractivity contribution in [3.8, 4) is 0 Å². The maximum Gasteiger partial charge on any atom is 0.270 e. The number of ether oxygens (including phenoxy) is 1. The van der Waals surface area contributed by atoms with E-state index >= 15 is 0 Å². The predicted molar refractivity (Wildman–Crippen MR) is 102 cm³/mol.